The van der Waals surface area contributed by atoms with E-state index in [1.807, 2.05) is 22.8 Å². The van der Waals surface area contributed by atoms with Crippen molar-refractivity contribution >= 4 is 28.1 Å². The number of rotatable bonds is 3. The van der Waals surface area contributed by atoms with Crippen LogP contribution in [0.15, 0.2) is 22.7 Å². The molecule has 4 nitrogen and oxygen atoms in total. The van der Waals surface area contributed by atoms with Crippen LogP contribution in [0.3, 0.4) is 0 Å². The van der Waals surface area contributed by atoms with Crippen LogP contribution in [0.5, 0.6) is 5.75 Å². The van der Waals surface area contributed by atoms with Crippen molar-refractivity contribution in [2.45, 2.75) is 18.8 Å². The summed E-state index contributed by atoms with van der Waals surface area (Å²) < 4.78 is 8.97. The summed E-state index contributed by atoms with van der Waals surface area (Å²) in [4.78, 5) is 0. The maximum Gasteiger partial charge on any atom is 0.200 e. The minimum absolute atomic E-state index is 0.515. The first-order valence-electron chi connectivity index (χ1n) is 5.72. The first-order valence-corrected chi connectivity index (χ1v) is 6.92. The van der Waals surface area contributed by atoms with Crippen LogP contribution in [0.2, 0.25) is 0 Å². The van der Waals surface area contributed by atoms with Gasteiger partial charge >= 0.3 is 0 Å². The number of hydrogen-bond donors (Lipinski definition) is 1. The molecule has 0 amide bonds. The van der Waals surface area contributed by atoms with E-state index in [0.29, 0.717) is 10.7 Å². The Morgan fingerprint density at radius 2 is 2.28 bits per heavy atom. The summed E-state index contributed by atoms with van der Waals surface area (Å²) in [7, 11) is 1.66. The van der Waals surface area contributed by atoms with Crippen molar-refractivity contribution in [1.29, 1.82) is 0 Å². The molecule has 18 heavy (non-hydrogen) atoms. The van der Waals surface area contributed by atoms with E-state index in [9.17, 15) is 0 Å². The SMILES string of the molecule is COc1ccc(Br)cc1-n1c(C2CC2)n[nH]c1=S. The van der Waals surface area contributed by atoms with Gasteiger partial charge in [-0.2, -0.15) is 5.10 Å². The standard InChI is InChI=1S/C12H12BrN3OS/c1-17-10-5-4-8(13)6-9(10)16-11(7-2-3-7)14-15-12(16)18/h4-7H,2-3H2,1H3,(H,15,18). The van der Waals surface area contributed by atoms with E-state index < -0.39 is 0 Å². The molecule has 2 aromatic rings. The van der Waals surface area contributed by atoms with Gasteiger partial charge in [-0.15, -0.1) is 0 Å². The first-order chi connectivity index (χ1) is 8.70. The summed E-state index contributed by atoms with van der Waals surface area (Å²) in [5.41, 5.74) is 0.924. The van der Waals surface area contributed by atoms with E-state index in [1.165, 1.54) is 12.8 Å². The number of nitrogens with zero attached hydrogens (tertiary/aromatic N) is 2. The molecule has 1 aliphatic carbocycles. The van der Waals surface area contributed by atoms with Crippen molar-refractivity contribution in [3.63, 3.8) is 0 Å². The maximum atomic E-state index is 5.40. The highest BCUT2D eigenvalue weighted by molar-refractivity contribution is 9.10. The van der Waals surface area contributed by atoms with Crippen LogP contribution in [-0.4, -0.2) is 21.9 Å². The quantitative estimate of drug-likeness (QED) is 0.877. The molecule has 1 N–H and O–H groups in total. The van der Waals surface area contributed by atoms with Crippen LogP contribution >= 0.6 is 28.1 Å². The lowest BCUT2D eigenvalue weighted by atomic mass is 10.2. The van der Waals surface area contributed by atoms with Gasteiger partial charge in [0.15, 0.2) is 4.77 Å². The lowest BCUT2D eigenvalue weighted by molar-refractivity contribution is 0.412. The Bertz CT molecular complexity index is 645. The molecule has 0 saturated heterocycles. The van der Waals surface area contributed by atoms with Crippen LogP contribution in [-0.2, 0) is 0 Å². The molecule has 0 atom stereocenters. The third kappa shape index (κ3) is 1.99. The van der Waals surface area contributed by atoms with Crippen LogP contribution in [0.4, 0.5) is 0 Å². The molecule has 6 heteroatoms. The summed E-state index contributed by atoms with van der Waals surface area (Å²) in [6.45, 7) is 0. The Morgan fingerprint density at radius 1 is 1.50 bits per heavy atom. The lowest BCUT2D eigenvalue weighted by Gasteiger charge is -2.11. The molecule has 0 unspecified atom stereocenters. The zero-order valence-electron chi connectivity index (χ0n) is 9.81. The molecule has 1 aromatic carbocycles. The van der Waals surface area contributed by atoms with Gasteiger partial charge in [0.1, 0.15) is 11.6 Å². The molecule has 0 aliphatic heterocycles. The number of ether oxygens (including phenoxy) is 1. The van der Waals surface area contributed by atoms with Gasteiger partial charge in [0.2, 0.25) is 0 Å². The van der Waals surface area contributed by atoms with Crippen LogP contribution in [0.1, 0.15) is 24.6 Å². The molecule has 1 aliphatic rings. The molecule has 94 valence electrons. The van der Waals surface area contributed by atoms with E-state index in [1.54, 1.807) is 7.11 Å². The van der Waals surface area contributed by atoms with E-state index in [2.05, 4.69) is 26.1 Å². The minimum Gasteiger partial charge on any atom is -0.495 e. The predicted molar refractivity (Wildman–Crippen MR) is 75.0 cm³/mol. The average Bonchev–Trinajstić information content (AvgIpc) is 3.13. The number of H-pyrrole nitrogens is 1. The molecule has 0 radical (unpaired) electrons. The second-order valence-corrected chi connectivity index (χ2v) is 5.62. The number of benzene rings is 1. The zero-order chi connectivity index (χ0) is 12.7. The van der Waals surface area contributed by atoms with Gasteiger partial charge in [-0.25, -0.2) is 0 Å². The molecule has 3 rings (SSSR count). The van der Waals surface area contributed by atoms with Crippen LogP contribution in [0.25, 0.3) is 5.69 Å². The van der Waals surface area contributed by atoms with Crippen molar-refractivity contribution in [2.75, 3.05) is 7.11 Å². The summed E-state index contributed by atoms with van der Waals surface area (Å²) in [6, 6.07) is 5.86. The van der Waals surface area contributed by atoms with Gasteiger partial charge in [-0.3, -0.25) is 9.67 Å². The van der Waals surface area contributed by atoms with Crippen LogP contribution in [0, 0.1) is 4.77 Å². The molecular formula is C12H12BrN3OS. The average molecular weight is 326 g/mol. The maximum absolute atomic E-state index is 5.40. The highest BCUT2D eigenvalue weighted by Crippen LogP contribution is 2.41. The molecule has 1 saturated carbocycles. The minimum atomic E-state index is 0.515. The van der Waals surface area contributed by atoms with Crippen LogP contribution < -0.4 is 4.74 Å². The van der Waals surface area contributed by atoms with Crippen molar-refractivity contribution in [2.24, 2.45) is 0 Å². The highest BCUT2D eigenvalue weighted by Gasteiger charge is 2.30. The van der Waals surface area contributed by atoms with Crippen molar-refractivity contribution in [1.82, 2.24) is 14.8 Å². The fourth-order valence-electron chi connectivity index (χ4n) is 2.00. The molecule has 1 aromatic heterocycles. The number of halogens is 1. The Hall–Kier alpha value is -1.14. The number of methoxy groups -OCH3 is 1. The van der Waals surface area contributed by atoms with Gasteiger partial charge in [-0.05, 0) is 43.3 Å². The zero-order valence-corrected chi connectivity index (χ0v) is 12.2. The number of aromatic amines is 1. The molecule has 1 heterocycles. The topological polar surface area (TPSA) is 42.8 Å². The van der Waals surface area contributed by atoms with Gasteiger partial charge in [-0.1, -0.05) is 15.9 Å². The van der Waals surface area contributed by atoms with Gasteiger partial charge in [0, 0.05) is 10.4 Å². The first kappa shape index (κ1) is 11.9. The van der Waals surface area contributed by atoms with E-state index in [-0.39, 0.29) is 0 Å². The normalized spacial score (nSPS) is 14.8. The summed E-state index contributed by atoms with van der Waals surface area (Å²) >= 11 is 8.81. The van der Waals surface area contributed by atoms with E-state index in [0.717, 1.165) is 21.7 Å². The largest absolute Gasteiger partial charge is 0.495 e. The molecule has 0 bridgehead atoms. The Labute approximate surface area is 118 Å². The number of hydrogen-bond acceptors (Lipinski definition) is 3. The number of nitrogens with one attached hydrogen (secondary N) is 1. The van der Waals surface area contributed by atoms with Gasteiger partial charge in [0.05, 0.1) is 12.8 Å². The third-order valence-corrected chi connectivity index (χ3v) is 3.79. The van der Waals surface area contributed by atoms with Gasteiger partial charge < -0.3 is 4.74 Å². The van der Waals surface area contributed by atoms with Gasteiger partial charge in [0.25, 0.3) is 0 Å². The smallest absolute Gasteiger partial charge is 0.200 e. The second kappa shape index (κ2) is 4.51. The summed E-state index contributed by atoms with van der Waals surface area (Å²) in [5, 5.41) is 7.21. The molecule has 0 spiro atoms. The third-order valence-electron chi connectivity index (χ3n) is 3.02. The fourth-order valence-corrected chi connectivity index (χ4v) is 2.58. The monoisotopic (exact) mass is 325 g/mol. The Balaban J connectivity index is 2.22. The predicted octanol–water partition coefficient (Wildman–Crippen LogP) is 3.58. The molecular weight excluding hydrogens is 314 g/mol. The fraction of sp³-hybridized carbons (Fsp3) is 0.333. The second-order valence-electron chi connectivity index (χ2n) is 4.31. The van der Waals surface area contributed by atoms with E-state index >= 15 is 0 Å². The summed E-state index contributed by atoms with van der Waals surface area (Å²) in [5.74, 6) is 2.30. The summed E-state index contributed by atoms with van der Waals surface area (Å²) in [6.07, 6.45) is 2.35. The van der Waals surface area contributed by atoms with E-state index in [4.69, 9.17) is 17.0 Å². The Kier molecular flexibility index (Phi) is 2.99. The van der Waals surface area contributed by atoms with Crippen molar-refractivity contribution in [3.05, 3.63) is 33.3 Å². The van der Waals surface area contributed by atoms with Crippen molar-refractivity contribution < 1.29 is 4.74 Å². The highest BCUT2D eigenvalue weighted by atomic mass is 79.9. The van der Waals surface area contributed by atoms with Crippen molar-refractivity contribution in [3.8, 4) is 11.4 Å². The Morgan fingerprint density at radius 3 is 2.94 bits per heavy atom. The number of aromatic nitrogens is 3. The molecule has 1 fully saturated rings. The lowest BCUT2D eigenvalue weighted by Crippen LogP contribution is -2.02.